The van der Waals surface area contributed by atoms with Gasteiger partial charge in [0.05, 0.1) is 16.1 Å². The van der Waals surface area contributed by atoms with Crippen LogP contribution >= 0.6 is 11.3 Å². The summed E-state index contributed by atoms with van der Waals surface area (Å²) in [6.07, 6.45) is 1.82. The van der Waals surface area contributed by atoms with Gasteiger partial charge in [0, 0.05) is 31.4 Å². The molecule has 3 aromatic rings. The first-order chi connectivity index (χ1) is 13.6. The maximum absolute atomic E-state index is 12.8. The van der Waals surface area contributed by atoms with Crippen molar-refractivity contribution in [2.24, 2.45) is 5.92 Å². The molecule has 2 N–H and O–H groups in total. The van der Waals surface area contributed by atoms with Crippen LogP contribution in [-0.2, 0) is 9.59 Å². The molecular weight excluding hydrogens is 372 g/mol. The lowest BCUT2D eigenvalue weighted by atomic mass is 9.97. The Labute approximate surface area is 167 Å². The number of para-hydroxylation sites is 1. The van der Waals surface area contributed by atoms with Gasteiger partial charge in [-0.15, -0.1) is 0 Å². The monoisotopic (exact) mass is 394 g/mol. The summed E-state index contributed by atoms with van der Waals surface area (Å²) in [5, 5.41) is 6.70. The zero-order chi connectivity index (χ0) is 19.5. The Hall–Kier alpha value is -2.93. The molecule has 6 nitrogen and oxygen atoms in total. The Morgan fingerprint density at radius 3 is 2.68 bits per heavy atom. The van der Waals surface area contributed by atoms with E-state index >= 15 is 0 Å². The van der Waals surface area contributed by atoms with E-state index in [2.05, 4.69) is 21.6 Å². The van der Waals surface area contributed by atoms with Gasteiger partial charge in [0.2, 0.25) is 11.8 Å². The van der Waals surface area contributed by atoms with Crippen LogP contribution in [0.3, 0.4) is 0 Å². The van der Waals surface area contributed by atoms with Gasteiger partial charge in [-0.2, -0.15) is 0 Å². The quantitative estimate of drug-likeness (QED) is 0.698. The normalized spacial score (nSPS) is 16.8. The molecule has 1 aliphatic rings. The molecule has 0 bridgehead atoms. The van der Waals surface area contributed by atoms with Crippen molar-refractivity contribution in [2.75, 3.05) is 28.6 Å². The number of hydrogen-bond acceptors (Lipinski definition) is 5. The van der Waals surface area contributed by atoms with Crippen molar-refractivity contribution in [3.8, 4) is 0 Å². The molecule has 1 unspecified atom stereocenters. The highest BCUT2D eigenvalue weighted by Crippen LogP contribution is 2.31. The first-order valence-corrected chi connectivity index (χ1v) is 10.2. The highest BCUT2D eigenvalue weighted by atomic mass is 32.1. The highest BCUT2D eigenvalue weighted by Gasteiger charge is 2.27. The van der Waals surface area contributed by atoms with E-state index in [9.17, 15) is 9.59 Å². The van der Waals surface area contributed by atoms with Crippen molar-refractivity contribution in [2.45, 2.75) is 19.8 Å². The molecule has 0 radical (unpaired) electrons. The Kier molecular flexibility index (Phi) is 5.25. The standard InChI is InChI=1S/C21H22N4O2S/c1-14(26)22-16-7-4-8-17(12-16)23-20(27)15-6-5-11-25(13-15)21-24-18-9-2-3-10-19(18)28-21/h2-4,7-10,12,15H,5-6,11,13H2,1H3,(H,22,26)(H,23,27). The van der Waals surface area contributed by atoms with Crippen molar-refractivity contribution in [3.63, 3.8) is 0 Å². The summed E-state index contributed by atoms with van der Waals surface area (Å²) >= 11 is 1.67. The van der Waals surface area contributed by atoms with Gasteiger partial charge in [-0.25, -0.2) is 4.98 Å². The molecule has 2 amide bonds. The number of carbonyl (C=O) groups is 2. The molecule has 0 saturated carbocycles. The third kappa shape index (κ3) is 4.14. The Morgan fingerprint density at radius 1 is 1.11 bits per heavy atom. The minimum absolute atomic E-state index is 0.00536. The fourth-order valence-corrected chi connectivity index (χ4v) is 4.48. The number of aromatic nitrogens is 1. The smallest absolute Gasteiger partial charge is 0.229 e. The Morgan fingerprint density at radius 2 is 1.89 bits per heavy atom. The lowest BCUT2D eigenvalue weighted by Crippen LogP contribution is -2.40. The largest absolute Gasteiger partial charge is 0.347 e. The van der Waals surface area contributed by atoms with Gasteiger partial charge in [0.25, 0.3) is 0 Å². The number of fused-ring (bicyclic) bond motifs is 1. The van der Waals surface area contributed by atoms with E-state index in [0.717, 1.165) is 30.0 Å². The van der Waals surface area contributed by atoms with Gasteiger partial charge in [0.1, 0.15) is 0 Å². The number of rotatable bonds is 4. The average molecular weight is 395 g/mol. The van der Waals surface area contributed by atoms with E-state index in [1.807, 2.05) is 30.3 Å². The summed E-state index contributed by atoms with van der Waals surface area (Å²) in [7, 11) is 0. The van der Waals surface area contributed by atoms with Crippen molar-refractivity contribution >= 4 is 49.9 Å². The van der Waals surface area contributed by atoms with E-state index in [4.69, 9.17) is 4.98 Å². The molecular formula is C21H22N4O2S. The number of amides is 2. The van der Waals surface area contributed by atoms with E-state index in [1.165, 1.54) is 11.6 Å². The van der Waals surface area contributed by atoms with Crippen LogP contribution in [0, 0.1) is 5.92 Å². The number of nitrogens with one attached hydrogen (secondary N) is 2. The second-order valence-electron chi connectivity index (χ2n) is 7.00. The summed E-state index contributed by atoms with van der Waals surface area (Å²) in [4.78, 5) is 31.0. The molecule has 28 heavy (non-hydrogen) atoms. The average Bonchev–Trinajstić information content (AvgIpc) is 3.12. The number of anilines is 3. The lowest BCUT2D eigenvalue weighted by Gasteiger charge is -2.31. The molecule has 7 heteroatoms. The first-order valence-electron chi connectivity index (χ1n) is 9.37. The molecule has 1 fully saturated rings. The maximum Gasteiger partial charge on any atom is 0.229 e. The SMILES string of the molecule is CC(=O)Nc1cccc(NC(=O)C2CCCN(c3nc4ccccc4s3)C2)c1. The third-order valence-electron chi connectivity index (χ3n) is 4.80. The summed E-state index contributed by atoms with van der Waals surface area (Å²) in [5.74, 6) is -0.224. The summed E-state index contributed by atoms with van der Waals surface area (Å²) in [6, 6.07) is 15.3. The number of carbonyl (C=O) groups excluding carboxylic acids is 2. The molecule has 1 atom stereocenters. The zero-order valence-corrected chi connectivity index (χ0v) is 16.5. The second-order valence-corrected chi connectivity index (χ2v) is 8.01. The van der Waals surface area contributed by atoms with Crippen LogP contribution in [0.1, 0.15) is 19.8 Å². The first kappa shape index (κ1) is 18.4. The molecule has 144 valence electrons. The maximum atomic E-state index is 12.8. The van der Waals surface area contributed by atoms with Gasteiger partial charge < -0.3 is 15.5 Å². The fourth-order valence-electron chi connectivity index (χ4n) is 3.48. The molecule has 2 aromatic carbocycles. The minimum atomic E-state index is -0.137. The topological polar surface area (TPSA) is 74.3 Å². The van der Waals surface area contributed by atoms with Crippen LogP contribution in [0.2, 0.25) is 0 Å². The Balaban J connectivity index is 1.44. The van der Waals surface area contributed by atoms with Gasteiger partial charge >= 0.3 is 0 Å². The van der Waals surface area contributed by atoms with E-state index in [1.54, 1.807) is 23.5 Å². The van der Waals surface area contributed by atoms with Gasteiger partial charge in [0.15, 0.2) is 5.13 Å². The number of hydrogen-bond donors (Lipinski definition) is 2. The van der Waals surface area contributed by atoms with Crippen molar-refractivity contribution < 1.29 is 9.59 Å². The van der Waals surface area contributed by atoms with E-state index in [0.29, 0.717) is 17.9 Å². The predicted octanol–water partition coefficient (Wildman–Crippen LogP) is 4.11. The van der Waals surface area contributed by atoms with Crippen LogP contribution in [-0.4, -0.2) is 29.9 Å². The predicted molar refractivity (Wildman–Crippen MR) is 114 cm³/mol. The van der Waals surface area contributed by atoms with Gasteiger partial charge in [-0.3, -0.25) is 9.59 Å². The Bertz CT molecular complexity index is 983. The van der Waals surface area contributed by atoms with Crippen molar-refractivity contribution in [1.82, 2.24) is 4.98 Å². The summed E-state index contributed by atoms with van der Waals surface area (Å²) < 4.78 is 1.17. The number of thiazole rings is 1. The van der Waals surface area contributed by atoms with Gasteiger partial charge in [-0.05, 0) is 43.2 Å². The summed E-state index contributed by atoms with van der Waals surface area (Å²) in [6.45, 7) is 3.04. The lowest BCUT2D eigenvalue weighted by molar-refractivity contribution is -0.120. The van der Waals surface area contributed by atoms with Crippen LogP contribution in [0.4, 0.5) is 16.5 Å². The molecule has 1 aliphatic heterocycles. The van der Waals surface area contributed by atoms with E-state index in [-0.39, 0.29) is 17.7 Å². The highest BCUT2D eigenvalue weighted by molar-refractivity contribution is 7.22. The second kappa shape index (κ2) is 7.98. The zero-order valence-electron chi connectivity index (χ0n) is 15.6. The fraction of sp³-hybridized carbons (Fsp3) is 0.286. The molecule has 0 aliphatic carbocycles. The molecule has 1 aromatic heterocycles. The van der Waals surface area contributed by atoms with Crippen LogP contribution in [0.5, 0.6) is 0 Å². The van der Waals surface area contributed by atoms with Crippen LogP contribution < -0.4 is 15.5 Å². The minimum Gasteiger partial charge on any atom is -0.347 e. The molecule has 4 rings (SSSR count). The van der Waals surface area contributed by atoms with Crippen molar-refractivity contribution in [1.29, 1.82) is 0 Å². The van der Waals surface area contributed by atoms with Crippen LogP contribution in [0.15, 0.2) is 48.5 Å². The number of piperidine rings is 1. The molecule has 2 heterocycles. The number of nitrogens with zero attached hydrogens (tertiary/aromatic N) is 2. The number of benzene rings is 2. The van der Waals surface area contributed by atoms with Gasteiger partial charge in [-0.1, -0.05) is 29.5 Å². The van der Waals surface area contributed by atoms with Crippen LogP contribution in [0.25, 0.3) is 10.2 Å². The van der Waals surface area contributed by atoms with Crippen molar-refractivity contribution in [3.05, 3.63) is 48.5 Å². The van der Waals surface area contributed by atoms with E-state index < -0.39 is 0 Å². The third-order valence-corrected chi connectivity index (χ3v) is 5.89. The molecule has 0 spiro atoms. The molecule has 1 saturated heterocycles. The summed E-state index contributed by atoms with van der Waals surface area (Å²) in [5.41, 5.74) is 2.36.